The first-order chi connectivity index (χ1) is 9.58. The number of rotatable bonds is 5. The summed E-state index contributed by atoms with van der Waals surface area (Å²) in [6, 6.07) is 1.16. The second kappa shape index (κ2) is 6.31. The van der Waals surface area contributed by atoms with E-state index >= 15 is 0 Å². The fraction of sp³-hybridized carbons (Fsp3) is 0.667. The molecule has 1 aliphatic heterocycles. The predicted octanol–water partition coefficient (Wildman–Crippen LogP) is -1.42. The lowest BCUT2D eigenvalue weighted by Crippen LogP contribution is -2.39. The Labute approximate surface area is 114 Å². The zero-order valence-electron chi connectivity index (χ0n) is 11.1. The van der Waals surface area contributed by atoms with Crippen LogP contribution in [0.4, 0.5) is 0 Å². The highest BCUT2D eigenvalue weighted by atomic mass is 16.6. The van der Waals surface area contributed by atoms with E-state index < -0.39 is 35.8 Å². The van der Waals surface area contributed by atoms with Gasteiger partial charge in [-0.2, -0.15) is 0 Å². The molecule has 1 fully saturated rings. The van der Waals surface area contributed by atoms with Crippen LogP contribution < -0.4 is 11.2 Å². The van der Waals surface area contributed by atoms with Gasteiger partial charge in [0.2, 0.25) is 0 Å². The van der Waals surface area contributed by atoms with Gasteiger partial charge in [0.25, 0.3) is 5.56 Å². The molecule has 112 valence electrons. The predicted molar refractivity (Wildman–Crippen MR) is 68.4 cm³/mol. The van der Waals surface area contributed by atoms with Crippen molar-refractivity contribution in [2.24, 2.45) is 0 Å². The molecule has 20 heavy (non-hydrogen) atoms. The average Bonchev–Trinajstić information content (AvgIpc) is 2.73. The highest BCUT2D eigenvalue weighted by molar-refractivity contribution is 4.93. The van der Waals surface area contributed by atoms with Crippen molar-refractivity contribution in [3.05, 3.63) is 33.1 Å². The molecule has 0 amide bonds. The first kappa shape index (κ1) is 14.9. The molecule has 0 radical (unpaired) electrons. The molecule has 0 saturated carbocycles. The molecular formula is C12H18N2O6. The summed E-state index contributed by atoms with van der Waals surface area (Å²) >= 11 is 0. The van der Waals surface area contributed by atoms with E-state index in [0.29, 0.717) is 6.61 Å². The molecule has 1 aliphatic rings. The molecule has 4 atom stereocenters. The van der Waals surface area contributed by atoms with Gasteiger partial charge in [-0.3, -0.25) is 14.3 Å². The van der Waals surface area contributed by atoms with Crippen LogP contribution in [0.15, 0.2) is 21.9 Å². The smallest absolute Gasteiger partial charge is 0.330 e. The molecule has 0 spiro atoms. The Morgan fingerprint density at radius 1 is 1.50 bits per heavy atom. The largest absolute Gasteiger partial charge is 0.394 e. The Hall–Kier alpha value is -1.48. The molecule has 8 heteroatoms. The van der Waals surface area contributed by atoms with Crippen LogP contribution in [0, 0.1) is 0 Å². The van der Waals surface area contributed by atoms with Gasteiger partial charge in [-0.25, -0.2) is 4.79 Å². The molecule has 2 rings (SSSR count). The zero-order chi connectivity index (χ0) is 14.7. The number of aliphatic hydroxyl groups is 2. The maximum absolute atomic E-state index is 11.7. The Balaban J connectivity index is 2.25. The summed E-state index contributed by atoms with van der Waals surface area (Å²) < 4.78 is 12.0. The van der Waals surface area contributed by atoms with Crippen molar-refractivity contribution < 1.29 is 19.7 Å². The molecule has 8 nitrogen and oxygen atoms in total. The van der Waals surface area contributed by atoms with E-state index in [4.69, 9.17) is 9.47 Å². The SMILES string of the molecule is CCCO[C@H]1[C@@H](O)[C@H](n2ccc(=O)[nH]c2=O)O[C@@H]1CO. The first-order valence-corrected chi connectivity index (χ1v) is 6.46. The third kappa shape index (κ3) is 2.83. The molecule has 0 aliphatic carbocycles. The lowest BCUT2D eigenvalue weighted by molar-refractivity contribution is -0.0621. The van der Waals surface area contributed by atoms with Crippen molar-refractivity contribution in [2.75, 3.05) is 13.2 Å². The molecule has 3 N–H and O–H groups in total. The number of hydrogen-bond donors (Lipinski definition) is 3. The van der Waals surface area contributed by atoms with Gasteiger partial charge in [0.15, 0.2) is 6.23 Å². The van der Waals surface area contributed by atoms with Crippen molar-refractivity contribution in [2.45, 2.75) is 37.9 Å². The number of hydrogen-bond acceptors (Lipinski definition) is 6. The number of aliphatic hydroxyl groups excluding tert-OH is 2. The lowest BCUT2D eigenvalue weighted by atomic mass is 10.1. The Morgan fingerprint density at radius 3 is 2.85 bits per heavy atom. The molecule has 0 aromatic carbocycles. The van der Waals surface area contributed by atoms with Gasteiger partial charge < -0.3 is 19.7 Å². The molecule has 0 unspecified atom stereocenters. The molecule has 1 aromatic heterocycles. The number of H-pyrrole nitrogens is 1. The minimum absolute atomic E-state index is 0.333. The Morgan fingerprint density at radius 2 is 2.25 bits per heavy atom. The maximum Gasteiger partial charge on any atom is 0.330 e. The van der Waals surface area contributed by atoms with Gasteiger partial charge in [0.05, 0.1) is 6.61 Å². The zero-order valence-corrected chi connectivity index (χ0v) is 11.1. The van der Waals surface area contributed by atoms with E-state index in [9.17, 15) is 19.8 Å². The molecule has 1 aromatic rings. The minimum atomic E-state index is -1.11. The van der Waals surface area contributed by atoms with Gasteiger partial charge in [-0.1, -0.05) is 6.92 Å². The van der Waals surface area contributed by atoms with E-state index in [1.165, 1.54) is 6.20 Å². The summed E-state index contributed by atoms with van der Waals surface area (Å²) in [6.45, 7) is 1.99. The summed E-state index contributed by atoms with van der Waals surface area (Å²) in [6.07, 6.45) is -1.55. The highest BCUT2D eigenvalue weighted by Gasteiger charge is 2.45. The summed E-state index contributed by atoms with van der Waals surface area (Å²) in [5.41, 5.74) is -1.22. The summed E-state index contributed by atoms with van der Waals surface area (Å²) in [7, 11) is 0. The number of nitrogens with zero attached hydrogens (tertiary/aromatic N) is 1. The molecule has 2 heterocycles. The van der Waals surface area contributed by atoms with Crippen LogP contribution in [-0.4, -0.2) is 51.3 Å². The number of ether oxygens (including phenoxy) is 2. The second-order valence-corrected chi connectivity index (χ2v) is 4.59. The van der Waals surface area contributed by atoms with E-state index in [1.54, 1.807) is 0 Å². The van der Waals surface area contributed by atoms with Gasteiger partial charge in [-0.15, -0.1) is 0 Å². The van der Waals surface area contributed by atoms with Crippen LogP contribution in [0.1, 0.15) is 19.6 Å². The van der Waals surface area contributed by atoms with Crippen LogP contribution in [0.3, 0.4) is 0 Å². The standard InChI is InChI=1S/C12H18N2O6/c1-2-5-19-10-7(6-15)20-11(9(10)17)14-4-3-8(16)13-12(14)18/h3-4,7,9-11,15,17H,2,5-6H2,1H3,(H,13,16,18)/t7-,9-,10-,11-/m1/s1. The molecular weight excluding hydrogens is 268 g/mol. The van der Waals surface area contributed by atoms with Crippen molar-refractivity contribution in [1.29, 1.82) is 0 Å². The van der Waals surface area contributed by atoms with Crippen LogP contribution >= 0.6 is 0 Å². The van der Waals surface area contributed by atoms with Crippen molar-refractivity contribution >= 4 is 0 Å². The number of nitrogens with one attached hydrogen (secondary N) is 1. The van der Waals surface area contributed by atoms with Crippen molar-refractivity contribution in [3.63, 3.8) is 0 Å². The normalized spacial score (nSPS) is 29.8. The van der Waals surface area contributed by atoms with Crippen molar-refractivity contribution in [3.8, 4) is 0 Å². The third-order valence-corrected chi connectivity index (χ3v) is 3.13. The number of aromatic nitrogens is 2. The topological polar surface area (TPSA) is 114 Å². The van der Waals surface area contributed by atoms with E-state index in [1.807, 2.05) is 6.92 Å². The monoisotopic (exact) mass is 286 g/mol. The summed E-state index contributed by atoms with van der Waals surface area (Å²) in [4.78, 5) is 24.8. The molecule has 1 saturated heterocycles. The van der Waals surface area contributed by atoms with Crippen LogP contribution in [0.25, 0.3) is 0 Å². The fourth-order valence-electron chi connectivity index (χ4n) is 2.18. The van der Waals surface area contributed by atoms with E-state index in [2.05, 4.69) is 4.98 Å². The van der Waals surface area contributed by atoms with Crippen LogP contribution in [-0.2, 0) is 9.47 Å². The second-order valence-electron chi connectivity index (χ2n) is 4.59. The van der Waals surface area contributed by atoms with Gasteiger partial charge in [-0.05, 0) is 6.42 Å². The lowest BCUT2D eigenvalue weighted by Gasteiger charge is -2.19. The number of aromatic amines is 1. The van der Waals surface area contributed by atoms with Gasteiger partial charge >= 0.3 is 5.69 Å². The summed E-state index contributed by atoms with van der Waals surface area (Å²) in [5.74, 6) is 0. The quantitative estimate of drug-likeness (QED) is 0.612. The average molecular weight is 286 g/mol. The van der Waals surface area contributed by atoms with Gasteiger partial charge in [0, 0.05) is 18.9 Å². The van der Waals surface area contributed by atoms with Crippen molar-refractivity contribution in [1.82, 2.24) is 9.55 Å². The van der Waals surface area contributed by atoms with Gasteiger partial charge in [0.1, 0.15) is 18.3 Å². The highest BCUT2D eigenvalue weighted by Crippen LogP contribution is 2.30. The van der Waals surface area contributed by atoms with Crippen LogP contribution in [0.2, 0.25) is 0 Å². The molecule has 0 bridgehead atoms. The summed E-state index contributed by atoms with van der Waals surface area (Å²) in [5, 5.41) is 19.5. The minimum Gasteiger partial charge on any atom is -0.394 e. The van der Waals surface area contributed by atoms with E-state index in [-0.39, 0.29) is 6.61 Å². The first-order valence-electron chi connectivity index (χ1n) is 6.46. The Bertz CT molecular complexity index is 553. The Kier molecular flexibility index (Phi) is 4.71. The third-order valence-electron chi connectivity index (χ3n) is 3.13. The van der Waals surface area contributed by atoms with Crippen LogP contribution in [0.5, 0.6) is 0 Å². The fourth-order valence-corrected chi connectivity index (χ4v) is 2.18. The van der Waals surface area contributed by atoms with E-state index in [0.717, 1.165) is 17.1 Å². The maximum atomic E-state index is 11.7.